The zero-order chi connectivity index (χ0) is 27.5. The predicted octanol–water partition coefficient (Wildman–Crippen LogP) is 5.48. The molecule has 0 aliphatic rings. The summed E-state index contributed by atoms with van der Waals surface area (Å²) in [7, 11) is 0. The van der Waals surface area contributed by atoms with Gasteiger partial charge in [0.25, 0.3) is 0 Å². The second-order valence-electron chi connectivity index (χ2n) is 11.0. The van der Waals surface area contributed by atoms with Crippen molar-refractivity contribution in [3.05, 3.63) is 35.4 Å². The van der Waals surface area contributed by atoms with E-state index in [1.165, 1.54) is 0 Å². The number of unbranched alkanes of at least 4 members (excludes halogenated alkanes) is 1. The number of aryl methyl sites for hydroxylation is 1. The monoisotopic (exact) mass is 521 g/mol. The first-order valence-electron chi connectivity index (χ1n) is 12.9. The topological polar surface area (TPSA) is 87.7 Å². The molecule has 0 fully saturated rings. The molecule has 0 aliphatic heterocycles. The van der Waals surface area contributed by atoms with Crippen molar-refractivity contribution in [2.75, 3.05) is 18.6 Å². The molecule has 0 bridgehead atoms. The maximum atomic E-state index is 14.1. The average molecular weight is 522 g/mol. The maximum absolute atomic E-state index is 14.1. The molecule has 0 aliphatic carbocycles. The smallest absolute Gasteiger partial charge is 0.408 e. The van der Waals surface area contributed by atoms with Crippen LogP contribution < -0.4 is 10.6 Å². The normalized spacial score (nSPS) is 13.5. The zero-order valence-electron chi connectivity index (χ0n) is 23.7. The summed E-state index contributed by atoms with van der Waals surface area (Å²) in [6.45, 7) is 15.8. The third kappa shape index (κ3) is 10.4. The van der Waals surface area contributed by atoms with Crippen molar-refractivity contribution < 1.29 is 19.1 Å². The van der Waals surface area contributed by atoms with Crippen molar-refractivity contribution in [3.63, 3.8) is 0 Å². The highest BCUT2D eigenvalue weighted by Gasteiger charge is 2.41. The lowest BCUT2D eigenvalue weighted by molar-refractivity contribution is -0.148. The fourth-order valence-corrected chi connectivity index (χ4v) is 4.27. The van der Waals surface area contributed by atoms with Gasteiger partial charge in [0.15, 0.2) is 0 Å². The lowest BCUT2D eigenvalue weighted by atomic mass is 9.94. The van der Waals surface area contributed by atoms with E-state index in [0.717, 1.165) is 30.4 Å². The number of amides is 3. The van der Waals surface area contributed by atoms with Crippen LogP contribution in [0.2, 0.25) is 0 Å². The molecule has 0 radical (unpaired) electrons. The average Bonchev–Trinajstić information content (AvgIpc) is 2.77. The van der Waals surface area contributed by atoms with Gasteiger partial charge >= 0.3 is 6.09 Å². The highest BCUT2D eigenvalue weighted by Crippen LogP contribution is 2.31. The molecule has 1 rings (SSSR count). The molecule has 0 aromatic heterocycles. The van der Waals surface area contributed by atoms with Gasteiger partial charge in [-0.1, -0.05) is 44.5 Å². The van der Waals surface area contributed by atoms with Crippen LogP contribution in [-0.4, -0.2) is 58.5 Å². The van der Waals surface area contributed by atoms with Gasteiger partial charge in [-0.05, 0) is 83.9 Å². The van der Waals surface area contributed by atoms with Gasteiger partial charge in [0.1, 0.15) is 17.7 Å². The zero-order valence-corrected chi connectivity index (χ0v) is 24.5. The largest absolute Gasteiger partial charge is 0.444 e. The molecular weight excluding hydrogens is 474 g/mol. The number of carbonyl (C=O) groups excluding carboxylic acids is 3. The second kappa shape index (κ2) is 14.5. The highest BCUT2D eigenvalue weighted by atomic mass is 32.2. The molecule has 2 N–H and O–H groups in total. The fourth-order valence-electron chi connectivity index (χ4n) is 3.79. The van der Waals surface area contributed by atoms with Gasteiger partial charge in [-0.3, -0.25) is 9.59 Å². The van der Waals surface area contributed by atoms with Crippen LogP contribution in [0.3, 0.4) is 0 Å². The molecule has 8 heteroatoms. The van der Waals surface area contributed by atoms with Gasteiger partial charge in [0.05, 0.1) is 0 Å². The number of hydrogen-bond acceptors (Lipinski definition) is 5. The van der Waals surface area contributed by atoms with Crippen LogP contribution >= 0.6 is 11.8 Å². The first kappa shape index (κ1) is 31.8. The third-order valence-electron chi connectivity index (χ3n) is 5.60. The molecule has 2 atom stereocenters. The number of carbonyl (C=O) groups is 3. The quantitative estimate of drug-likeness (QED) is 0.356. The minimum atomic E-state index is -0.836. The number of nitrogens with zero attached hydrogens (tertiary/aromatic N) is 1. The molecule has 0 saturated carbocycles. The van der Waals surface area contributed by atoms with Crippen molar-refractivity contribution >= 4 is 29.7 Å². The number of alkyl carbamates (subject to hydrolysis) is 1. The van der Waals surface area contributed by atoms with Crippen LogP contribution in [0.5, 0.6) is 0 Å². The lowest BCUT2D eigenvalue weighted by Gasteiger charge is -2.43. The molecular formula is C28H47N3O4S. The van der Waals surface area contributed by atoms with Crippen molar-refractivity contribution in [2.45, 2.75) is 104 Å². The van der Waals surface area contributed by atoms with Crippen molar-refractivity contribution in [1.29, 1.82) is 0 Å². The molecule has 0 heterocycles. The standard InChI is InChI=1S/C28H47N3O4S/c1-10-12-18-29-24(32)23(21-15-13-20(11-2)14-16-21)31(27(3,4)5)25(33)22(17-19-36-9)30-26(34)35-28(6,7)8/h13-16,22-23H,10-12,17-19H2,1-9H3,(H,29,32)(H,30,34). The van der Waals surface area contributed by atoms with E-state index >= 15 is 0 Å². The van der Waals surface area contributed by atoms with E-state index in [-0.39, 0.29) is 11.8 Å². The fraction of sp³-hybridized carbons (Fsp3) is 0.679. The summed E-state index contributed by atoms with van der Waals surface area (Å²) in [5, 5.41) is 5.80. The molecule has 3 amide bonds. The van der Waals surface area contributed by atoms with Crippen molar-refractivity contribution in [1.82, 2.24) is 15.5 Å². The van der Waals surface area contributed by atoms with E-state index in [2.05, 4.69) is 24.5 Å². The minimum absolute atomic E-state index is 0.225. The number of hydrogen-bond donors (Lipinski definition) is 2. The van der Waals surface area contributed by atoms with Crippen LogP contribution in [-0.2, 0) is 20.7 Å². The molecule has 1 aromatic carbocycles. The van der Waals surface area contributed by atoms with Gasteiger partial charge in [-0.25, -0.2) is 4.79 Å². The van der Waals surface area contributed by atoms with E-state index in [4.69, 9.17) is 4.74 Å². The first-order valence-corrected chi connectivity index (χ1v) is 14.3. The van der Waals surface area contributed by atoms with Crippen LogP contribution in [0.1, 0.15) is 91.8 Å². The summed E-state index contributed by atoms with van der Waals surface area (Å²) in [4.78, 5) is 42.0. The van der Waals surface area contributed by atoms with Gasteiger partial charge in [0, 0.05) is 12.1 Å². The molecule has 0 spiro atoms. The van der Waals surface area contributed by atoms with Crippen LogP contribution in [0.25, 0.3) is 0 Å². The Morgan fingerprint density at radius 2 is 1.64 bits per heavy atom. The van der Waals surface area contributed by atoms with Gasteiger partial charge in [0.2, 0.25) is 11.8 Å². The second-order valence-corrected chi connectivity index (χ2v) is 12.0. The Hall–Kier alpha value is -2.22. The van der Waals surface area contributed by atoms with Gasteiger partial charge in [-0.15, -0.1) is 0 Å². The Kier molecular flexibility index (Phi) is 12.8. The molecule has 2 unspecified atom stereocenters. The van der Waals surface area contributed by atoms with E-state index in [0.29, 0.717) is 18.7 Å². The summed E-state index contributed by atoms with van der Waals surface area (Å²) in [6.07, 6.45) is 4.42. The molecule has 1 aromatic rings. The Morgan fingerprint density at radius 1 is 1.03 bits per heavy atom. The minimum Gasteiger partial charge on any atom is -0.444 e. The third-order valence-corrected chi connectivity index (χ3v) is 6.24. The summed E-state index contributed by atoms with van der Waals surface area (Å²) in [5.41, 5.74) is 0.511. The van der Waals surface area contributed by atoms with E-state index in [1.54, 1.807) is 37.4 Å². The van der Waals surface area contributed by atoms with Gasteiger partial charge < -0.3 is 20.3 Å². The van der Waals surface area contributed by atoms with E-state index in [9.17, 15) is 14.4 Å². The van der Waals surface area contributed by atoms with Crippen LogP contribution in [0.4, 0.5) is 4.79 Å². The van der Waals surface area contributed by atoms with Crippen LogP contribution in [0.15, 0.2) is 24.3 Å². The first-order chi connectivity index (χ1) is 16.7. The van der Waals surface area contributed by atoms with Crippen molar-refractivity contribution in [3.8, 4) is 0 Å². The predicted molar refractivity (Wildman–Crippen MR) is 149 cm³/mol. The molecule has 7 nitrogen and oxygen atoms in total. The summed E-state index contributed by atoms with van der Waals surface area (Å²) in [5.74, 6) is 0.137. The Balaban J connectivity index is 3.49. The number of nitrogens with one attached hydrogen (secondary N) is 2. The summed E-state index contributed by atoms with van der Waals surface area (Å²) < 4.78 is 5.44. The van der Waals surface area contributed by atoms with Crippen molar-refractivity contribution in [2.24, 2.45) is 0 Å². The summed E-state index contributed by atoms with van der Waals surface area (Å²) >= 11 is 1.59. The highest BCUT2D eigenvalue weighted by molar-refractivity contribution is 7.98. The van der Waals surface area contributed by atoms with E-state index in [1.807, 2.05) is 51.3 Å². The SMILES string of the molecule is CCCCNC(=O)C(c1ccc(CC)cc1)N(C(=O)C(CCSC)NC(=O)OC(C)(C)C)C(C)(C)C. The Bertz CT molecular complexity index is 844. The summed E-state index contributed by atoms with van der Waals surface area (Å²) in [6, 6.07) is 6.18. The number of benzene rings is 1. The molecule has 36 heavy (non-hydrogen) atoms. The Morgan fingerprint density at radius 3 is 2.11 bits per heavy atom. The number of ether oxygens (including phenoxy) is 1. The lowest BCUT2D eigenvalue weighted by Crippen LogP contribution is -2.58. The maximum Gasteiger partial charge on any atom is 0.408 e. The number of rotatable bonds is 12. The van der Waals surface area contributed by atoms with Crippen LogP contribution in [0, 0.1) is 0 Å². The Labute approximate surface area is 222 Å². The van der Waals surface area contributed by atoms with E-state index < -0.39 is 29.3 Å². The number of thioether (sulfide) groups is 1. The molecule has 0 saturated heterocycles. The van der Waals surface area contributed by atoms with Gasteiger partial charge in [-0.2, -0.15) is 11.8 Å². The molecule has 204 valence electrons.